The van der Waals surface area contributed by atoms with Gasteiger partial charge in [-0.05, 0) is 62.7 Å². The number of hydrogen-bond donors (Lipinski definition) is 3. The Morgan fingerprint density at radius 2 is 1.79 bits per heavy atom. The third-order valence-corrected chi connectivity index (χ3v) is 6.93. The molecule has 2 N–H and O–H groups in total. The highest BCUT2D eigenvalue weighted by Crippen LogP contribution is 2.24. The molecule has 0 saturated heterocycles. The summed E-state index contributed by atoms with van der Waals surface area (Å²) in [5.74, 6) is -0.894. The van der Waals surface area contributed by atoms with E-state index < -0.39 is 17.4 Å². The van der Waals surface area contributed by atoms with Crippen molar-refractivity contribution < 1.29 is 23.9 Å². The smallest absolute Gasteiger partial charge is 0.409 e. The Morgan fingerprint density at radius 1 is 1.09 bits per heavy atom. The fourth-order valence-corrected chi connectivity index (χ4v) is 4.62. The number of likely N-dealkylation sites (N-methyl/N-ethyl adjacent to an activating group) is 1. The molecule has 1 aromatic heterocycles. The van der Waals surface area contributed by atoms with E-state index in [2.05, 4.69) is 33.5 Å². The molecule has 0 bridgehead atoms. The van der Waals surface area contributed by atoms with Gasteiger partial charge in [-0.1, -0.05) is 37.8 Å². The highest BCUT2D eigenvalue weighted by molar-refractivity contribution is 7.96. The van der Waals surface area contributed by atoms with Crippen molar-refractivity contribution in [3.05, 3.63) is 71.4 Å². The Labute approximate surface area is 257 Å². The topological polar surface area (TPSA) is 133 Å². The molecule has 12 heteroatoms. The predicted molar refractivity (Wildman–Crippen MR) is 170 cm³/mol. The molecule has 0 aliphatic heterocycles. The number of para-hydroxylation sites is 1. The molecule has 3 rings (SSSR count). The number of thiol groups is 1. The number of ether oxygens (including phenoxy) is 1. The second kappa shape index (κ2) is 15.7. The number of pyridine rings is 1. The summed E-state index contributed by atoms with van der Waals surface area (Å²) in [6.45, 7) is 9.83. The van der Waals surface area contributed by atoms with Gasteiger partial charge in [-0.2, -0.15) is 5.10 Å². The summed E-state index contributed by atoms with van der Waals surface area (Å²) in [7, 11) is 0. The zero-order chi connectivity index (χ0) is 31.5. The minimum Gasteiger partial charge on any atom is -0.450 e. The van der Waals surface area contributed by atoms with Crippen LogP contribution < -0.4 is 15.6 Å². The summed E-state index contributed by atoms with van der Waals surface area (Å²) in [5, 5.41) is 7.18. The van der Waals surface area contributed by atoms with Crippen LogP contribution in [0.1, 0.15) is 49.3 Å². The largest absolute Gasteiger partial charge is 0.450 e. The SMILES string of the molecule is CCOC(=O)N(CC)C[C@@H](NC(=O)c1ccc(N(Cc2cc(C)nc3ccccc23)C(C)=O)cc1)[C@H](C)/C=N/NC(=O)S. The second-order valence-electron chi connectivity index (χ2n) is 9.96. The van der Waals surface area contributed by atoms with Crippen LogP contribution in [0.3, 0.4) is 0 Å². The summed E-state index contributed by atoms with van der Waals surface area (Å²) in [6, 6.07) is 16.0. The van der Waals surface area contributed by atoms with E-state index in [-0.39, 0.29) is 30.9 Å². The van der Waals surface area contributed by atoms with Crippen molar-refractivity contribution in [2.24, 2.45) is 11.0 Å². The molecule has 0 aliphatic carbocycles. The Kier molecular flexibility index (Phi) is 12.1. The molecule has 2 atom stereocenters. The molecular formula is C31H38N6O5S. The van der Waals surface area contributed by atoms with Gasteiger partial charge in [0.1, 0.15) is 0 Å². The average molecular weight is 607 g/mol. The molecule has 2 aromatic carbocycles. The Balaban J connectivity index is 1.82. The van der Waals surface area contributed by atoms with Crippen LogP contribution in [0.15, 0.2) is 59.7 Å². The molecule has 0 aliphatic rings. The molecule has 1 heterocycles. The van der Waals surface area contributed by atoms with E-state index in [1.165, 1.54) is 18.0 Å². The lowest BCUT2D eigenvalue weighted by atomic mass is 10.0. The van der Waals surface area contributed by atoms with Crippen LogP contribution in [0, 0.1) is 12.8 Å². The summed E-state index contributed by atoms with van der Waals surface area (Å²) >= 11 is 3.63. The summed E-state index contributed by atoms with van der Waals surface area (Å²) in [4.78, 5) is 57.3. The van der Waals surface area contributed by atoms with Gasteiger partial charge in [0.25, 0.3) is 11.1 Å². The molecule has 43 heavy (non-hydrogen) atoms. The molecule has 0 fully saturated rings. The van der Waals surface area contributed by atoms with Gasteiger partial charge in [-0.15, -0.1) is 0 Å². The fraction of sp³-hybridized carbons (Fsp3) is 0.355. The van der Waals surface area contributed by atoms with Gasteiger partial charge in [0.05, 0.1) is 24.7 Å². The number of anilines is 1. The Hall–Kier alpha value is -4.45. The first-order valence-electron chi connectivity index (χ1n) is 14.0. The van der Waals surface area contributed by atoms with Gasteiger partial charge in [0.2, 0.25) is 5.91 Å². The van der Waals surface area contributed by atoms with Crippen molar-refractivity contribution in [1.82, 2.24) is 20.6 Å². The van der Waals surface area contributed by atoms with Crippen molar-refractivity contribution in [1.29, 1.82) is 0 Å². The van der Waals surface area contributed by atoms with Crippen LogP contribution in [-0.4, -0.2) is 65.0 Å². The second-order valence-corrected chi connectivity index (χ2v) is 10.4. The zero-order valence-electron chi connectivity index (χ0n) is 25.0. The highest BCUT2D eigenvalue weighted by Gasteiger charge is 2.25. The van der Waals surface area contributed by atoms with Crippen LogP contribution >= 0.6 is 12.6 Å². The number of nitrogens with zero attached hydrogens (tertiary/aromatic N) is 4. The van der Waals surface area contributed by atoms with Gasteiger partial charge in [-0.3, -0.25) is 19.4 Å². The van der Waals surface area contributed by atoms with Crippen LogP contribution in [0.5, 0.6) is 0 Å². The Morgan fingerprint density at radius 3 is 2.42 bits per heavy atom. The minimum absolute atomic E-state index is 0.143. The number of carbonyl (C=O) groups excluding carboxylic acids is 4. The fourth-order valence-electron chi connectivity index (χ4n) is 4.57. The van der Waals surface area contributed by atoms with Gasteiger partial charge in [0.15, 0.2) is 0 Å². The molecular weight excluding hydrogens is 568 g/mol. The minimum atomic E-state index is -0.627. The number of aromatic nitrogens is 1. The number of fused-ring (bicyclic) bond motifs is 1. The van der Waals surface area contributed by atoms with Crippen molar-refractivity contribution in [2.75, 3.05) is 24.6 Å². The normalized spacial score (nSPS) is 12.4. The number of amides is 4. The maximum atomic E-state index is 13.3. The van der Waals surface area contributed by atoms with E-state index in [0.29, 0.717) is 24.3 Å². The lowest BCUT2D eigenvalue weighted by Gasteiger charge is -2.29. The van der Waals surface area contributed by atoms with Gasteiger partial charge in [0, 0.05) is 54.5 Å². The van der Waals surface area contributed by atoms with Crippen molar-refractivity contribution in [2.45, 2.75) is 47.2 Å². The van der Waals surface area contributed by atoms with E-state index in [1.54, 1.807) is 43.0 Å². The number of benzene rings is 2. The van der Waals surface area contributed by atoms with Crippen LogP contribution in [-0.2, 0) is 16.1 Å². The van der Waals surface area contributed by atoms with Gasteiger partial charge in [-0.25, -0.2) is 10.2 Å². The number of hydrazone groups is 1. The van der Waals surface area contributed by atoms with E-state index in [1.807, 2.05) is 44.2 Å². The number of hydrogen-bond acceptors (Lipinski definition) is 7. The molecule has 0 radical (unpaired) electrons. The number of aryl methyl sites for hydroxylation is 1. The molecule has 4 amide bonds. The van der Waals surface area contributed by atoms with Crippen LogP contribution in [0.4, 0.5) is 15.3 Å². The standard InChI is InChI=1S/C31H38N6O5S/c1-6-36(31(41)42-7-2)19-28(20(3)17-32-35-30(40)43)34-29(39)23-12-14-25(15-13-23)37(22(5)38)18-24-16-21(4)33-27-11-9-8-10-26(24)27/h8-17,20,28H,6-7,18-19H2,1-5H3,(H,34,39)(H2,35,40,43)/b32-17+/t20-,28-/m1/s1. The third-order valence-electron chi connectivity index (χ3n) is 6.83. The van der Waals surface area contributed by atoms with E-state index in [9.17, 15) is 19.2 Å². The van der Waals surface area contributed by atoms with Crippen LogP contribution in [0.25, 0.3) is 10.9 Å². The summed E-state index contributed by atoms with van der Waals surface area (Å²) < 4.78 is 5.14. The lowest BCUT2D eigenvalue weighted by molar-refractivity contribution is -0.116. The van der Waals surface area contributed by atoms with E-state index in [0.717, 1.165) is 22.2 Å². The molecule has 0 spiro atoms. The highest BCUT2D eigenvalue weighted by atomic mass is 32.1. The molecule has 3 aromatic rings. The maximum absolute atomic E-state index is 13.3. The van der Waals surface area contributed by atoms with Crippen molar-refractivity contribution in [3.63, 3.8) is 0 Å². The summed E-state index contributed by atoms with van der Waals surface area (Å²) in [6.07, 6.45) is 0.971. The van der Waals surface area contributed by atoms with Crippen molar-refractivity contribution in [3.8, 4) is 0 Å². The van der Waals surface area contributed by atoms with Gasteiger partial charge >= 0.3 is 6.09 Å². The van der Waals surface area contributed by atoms with Crippen molar-refractivity contribution >= 4 is 58.6 Å². The first kappa shape index (κ1) is 33.1. The van der Waals surface area contributed by atoms with E-state index >= 15 is 0 Å². The first-order chi connectivity index (χ1) is 20.5. The maximum Gasteiger partial charge on any atom is 0.409 e. The number of carbonyl (C=O) groups is 4. The first-order valence-corrected chi connectivity index (χ1v) is 14.5. The molecule has 0 unspecified atom stereocenters. The lowest BCUT2D eigenvalue weighted by Crippen LogP contribution is -2.49. The predicted octanol–water partition coefficient (Wildman–Crippen LogP) is 4.93. The molecule has 11 nitrogen and oxygen atoms in total. The molecule has 0 saturated carbocycles. The van der Waals surface area contributed by atoms with Crippen LogP contribution in [0.2, 0.25) is 0 Å². The Bertz CT molecular complexity index is 1480. The average Bonchev–Trinajstić information content (AvgIpc) is 2.97. The number of nitrogens with one attached hydrogen (secondary N) is 2. The summed E-state index contributed by atoms with van der Waals surface area (Å²) in [5.41, 5.74) is 5.92. The quantitative estimate of drug-likeness (QED) is 0.152. The molecule has 228 valence electrons. The zero-order valence-corrected chi connectivity index (χ0v) is 25.9. The third kappa shape index (κ3) is 9.27. The number of rotatable bonds is 12. The van der Waals surface area contributed by atoms with Gasteiger partial charge < -0.3 is 19.9 Å². The monoisotopic (exact) mass is 606 g/mol. The van der Waals surface area contributed by atoms with E-state index in [4.69, 9.17) is 4.74 Å².